The maximum atomic E-state index is 4.38. The summed E-state index contributed by atoms with van der Waals surface area (Å²) in [5.41, 5.74) is 3.98. The fraction of sp³-hybridized carbons (Fsp3) is 0.632. The van der Waals surface area contributed by atoms with Crippen LogP contribution in [0.25, 0.3) is 0 Å². The van der Waals surface area contributed by atoms with Gasteiger partial charge < -0.3 is 15.5 Å². The van der Waals surface area contributed by atoms with Crippen LogP contribution in [0.15, 0.2) is 23.2 Å². The zero-order chi connectivity index (χ0) is 16.7. The van der Waals surface area contributed by atoms with Crippen LogP contribution in [0.5, 0.6) is 0 Å². The topological polar surface area (TPSA) is 39.7 Å². The molecule has 1 aromatic rings. The largest absolute Gasteiger partial charge is 0.354 e. The molecule has 0 bridgehead atoms. The van der Waals surface area contributed by atoms with Crippen molar-refractivity contribution in [2.45, 2.75) is 52.6 Å². The lowest BCUT2D eigenvalue weighted by Gasteiger charge is -2.32. The Bertz CT molecular complexity index is 522. The van der Waals surface area contributed by atoms with Gasteiger partial charge in [-0.1, -0.05) is 30.7 Å². The van der Waals surface area contributed by atoms with Crippen LogP contribution in [-0.2, 0) is 6.54 Å². The van der Waals surface area contributed by atoms with Gasteiger partial charge in [0.1, 0.15) is 0 Å². The number of likely N-dealkylation sites (tertiary alicyclic amines) is 1. The fourth-order valence-electron chi connectivity index (χ4n) is 3.23. The van der Waals surface area contributed by atoms with Gasteiger partial charge in [-0.15, -0.1) is 24.0 Å². The summed E-state index contributed by atoms with van der Waals surface area (Å²) in [6.07, 6.45) is 3.64. The van der Waals surface area contributed by atoms with Gasteiger partial charge >= 0.3 is 0 Å². The number of benzene rings is 1. The highest BCUT2D eigenvalue weighted by Crippen LogP contribution is 2.12. The van der Waals surface area contributed by atoms with E-state index in [9.17, 15) is 0 Å². The van der Waals surface area contributed by atoms with Crippen LogP contribution in [0.4, 0.5) is 0 Å². The van der Waals surface area contributed by atoms with Crippen molar-refractivity contribution in [2.75, 3.05) is 26.7 Å². The summed E-state index contributed by atoms with van der Waals surface area (Å²) >= 11 is 0. The van der Waals surface area contributed by atoms with Gasteiger partial charge in [0.25, 0.3) is 0 Å². The van der Waals surface area contributed by atoms with Gasteiger partial charge in [-0.2, -0.15) is 0 Å². The van der Waals surface area contributed by atoms with Crippen molar-refractivity contribution in [2.24, 2.45) is 4.99 Å². The Hall–Kier alpha value is -0.820. The van der Waals surface area contributed by atoms with Gasteiger partial charge in [0.05, 0.1) is 0 Å². The molecule has 0 radical (unpaired) electrons. The first kappa shape index (κ1) is 21.2. The second-order valence-corrected chi connectivity index (χ2v) is 6.62. The molecule has 1 aromatic carbocycles. The van der Waals surface area contributed by atoms with E-state index in [0.29, 0.717) is 6.04 Å². The van der Waals surface area contributed by atoms with Crippen LogP contribution in [-0.4, -0.2) is 43.6 Å². The first-order valence-corrected chi connectivity index (χ1v) is 8.88. The lowest BCUT2D eigenvalue weighted by Crippen LogP contribution is -2.48. The highest BCUT2D eigenvalue weighted by molar-refractivity contribution is 14.0. The molecule has 1 aliphatic rings. The first-order chi connectivity index (χ1) is 11.1. The Morgan fingerprint density at radius 2 is 1.96 bits per heavy atom. The molecule has 4 nitrogen and oxygen atoms in total. The molecule has 5 heteroatoms. The second-order valence-electron chi connectivity index (χ2n) is 6.62. The maximum Gasteiger partial charge on any atom is 0.191 e. The number of nitrogens with zero attached hydrogens (tertiary/aromatic N) is 2. The quantitative estimate of drug-likeness (QED) is 0.415. The van der Waals surface area contributed by atoms with E-state index in [4.69, 9.17) is 0 Å². The van der Waals surface area contributed by atoms with E-state index in [1.54, 1.807) is 0 Å². The van der Waals surface area contributed by atoms with Gasteiger partial charge in [-0.3, -0.25) is 4.99 Å². The minimum absolute atomic E-state index is 0. The SMILES string of the molecule is CCCN1CCC(NC(=NC)NCc2ccc(C)cc2C)CC1.I. The molecule has 0 amide bonds. The van der Waals surface area contributed by atoms with Crippen molar-refractivity contribution in [1.82, 2.24) is 15.5 Å². The second kappa shape index (κ2) is 10.9. The van der Waals surface area contributed by atoms with Crippen molar-refractivity contribution in [3.63, 3.8) is 0 Å². The van der Waals surface area contributed by atoms with E-state index in [2.05, 4.69) is 59.5 Å². The van der Waals surface area contributed by atoms with Crippen LogP contribution < -0.4 is 10.6 Å². The van der Waals surface area contributed by atoms with Gasteiger partial charge in [0.2, 0.25) is 0 Å². The molecular formula is C19H33IN4. The Balaban J connectivity index is 0.00000288. The van der Waals surface area contributed by atoms with Crippen LogP contribution in [0.2, 0.25) is 0 Å². The molecule has 0 spiro atoms. The molecule has 0 aromatic heterocycles. The standard InChI is InChI=1S/C19H32N4.HI/c1-5-10-23-11-8-18(9-12-23)22-19(20-4)21-14-17-7-6-15(2)13-16(17)3;/h6-7,13,18H,5,8-12,14H2,1-4H3,(H2,20,21,22);1H. The van der Waals surface area contributed by atoms with E-state index in [0.717, 1.165) is 12.5 Å². The summed E-state index contributed by atoms with van der Waals surface area (Å²) in [6, 6.07) is 7.14. The molecule has 2 N–H and O–H groups in total. The third-order valence-corrected chi connectivity index (χ3v) is 4.64. The normalized spacial score (nSPS) is 16.6. The van der Waals surface area contributed by atoms with Crippen LogP contribution >= 0.6 is 24.0 Å². The molecular weight excluding hydrogens is 411 g/mol. The molecule has 1 fully saturated rings. The summed E-state index contributed by atoms with van der Waals surface area (Å²) in [5.74, 6) is 0.916. The maximum absolute atomic E-state index is 4.38. The number of aryl methyl sites for hydroxylation is 2. The molecule has 2 rings (SSSR count). The first-order valence-electron chi connectivity index (χ1n) is 8.88. The van der Waals surface area contributed by atoms with Gasteiger partial charge in [0.15, 0.2) is 5.96 Å². The molecule has 1 saturated heterocycles. The summed E-state index contributed by atoms with van der Waals surface area (Å²) in [6.45, 7) is 11.0. The molecule has 0 atom stereocenters. The molecule has 0 saturated carbocycles. The number of rotatable bonds is 5. The number of hydrogen-bond acceptors (Lipinski definition) is 2. The number of piperidine rings is 1. The third kappa shape index (κ3) is 6.59. The van der Waals surface area contributed by atoms with Crippen molar-refractivity contribution < 1.29 is 0 Å². The predicted octanol–water partition coefficient (Wildman–Crippen LogP) is 3.46. The van der Waals surface area contributed by atoms with E-state index < -0.39 is 0 Å². The Labute approximate surface area is 164 Å². The zero-order valence-corrected chi connectivity index (χ0v) is 17.9. The summed E-state index contributed by atoms with van der Waals surface area (Å²) in [4.78, 5) is 6.94. The smallest absolute Gasteiger partial charge is 0.191 e. The van der Waals surface area contributed by atoms with Gasteiger partial charge in [-0.25, -0.2) is 0 Å². The average molecular weight is 444 g/mol. The Morgan fingerprint density at radius 1 is 1.25 bits per heavy atom. The summed E-state index contributed by atoms with van der Waals surface area (Å²) in [5, 5.41) is 7.04. The van der Waals surface area contributed by atoms with Gasteiger partial charge in [-0.05, 0) is 50.8 Å². The van der Waals surface area contributed by atoms with Crippen LogP contribution in [0.1, 0.15) is 42.9 Å². The monoisotopic (exact) mass is 444 g/mol. The number of guanidine groups is 1. The molecule has 1 heterocycles. The highest BCUT2D eigenvalue weighted by atomic mass is 127. The lowest BCUT2D eigenvalue weighted by molar-refractivity contribution is 0.206. The van der Waals surface area contributed by atoms with Crippen molar-refractivity contribution in [1.29, 1.82) is 0 Å². The highest BCUT2D eigenvalue weighted by Gasteiger charge is 2.19. The van der Waals surface area contributed by atoms with Crippen molar-refractivity contribution in [3.05, 3.63) is 34.9 Å². The summed E-state index contributed by atoms with van der Waals surface area (Å²) < 4.78 is 0. The molecule has 136 valence electrons. The molecule has 0 aliphatic carbocycles. The van der Waals surface area contributed by atoms with Crippen molar-refractivity contribution in [3.8, 4) is 0 Å². The molecule has 0 unspecified atom stereocenters. The van der Waals surface area contributed by atoms with Crippen LogP contribution in [0, 0.1) is 13.8 Å². The van der Waals surface area contributed by atoms with Crippen LogP contribution in [0.3, 0.4) is 0 Å². The molecule has 1 aliphatic heterocycles. The van der Waals surface area contributed by atoms with E-state index in [1.807, 2.05) is 7.05 Å². The lowest BCUT2D eigenvalue weighted by atomic mass is 10.0. The number of nitrogens with one attached hydrogen (secondary N) is 2. The van der Waals surface area contributed by atoms with E-state index in [-0.39, 0.29) is 24.0 Å². The number of aliphatic imine (C=N–C) groups is 1. The minimum atomic E-state index is 0. The fourth-order valence-corrected chi connectivity index (χ4v) is 3.23. The average Bonchev–Trinajstić information content (AvgIpc) is 2.54. The third-order valence-electron chi connectivity index (χ3n) is 4.64. The minimum Gasteiger partial charge on any atom is -0.354 e. The Morgan fingerprint density at radius 3 is 2.54 bits per heavy atom. The van der Waals surface area contributed by atoms with Gasteiger partial charge in [0, 0.05) is 32.7 Å². The van der Waals surface area contributed by atoms with E-state index >= 15 is 0 Å². The predicted molar refractivity (Wildman–Crippen MR) is 114 cm³/mol. The number of halogens is 1. The van der Waals surface area contributed by atoms with Crippen molar-refractivity contribution >= 4 is 29.9 Å². The van der Waals surface area contributed by atoms with E-state index in [1.165, 1.54) is 55.6 Å². The Kier molecular flexibility index (Phi) is 9.66. The molecule has 24 heavy (non-hydrogen) atoms. The summed E-state index contributed by atoms with van der Waals surface area (Å²) in [7, 11) is 1.85. The zero-order valence-electron chi connectivity index (χ0n) is 15.6. The number of hydrogen-bond donors (Lipinski definition) is 2.